The molecule has 10 nitrogen and oxygen atoms in total. The lowest BCUT2D eigenvalue weighted by Gasteiger charge is -2.36. The van der Waals surface area contributed by atoms with Gasteiger partial charge in [-0.2, -0.15) is 13.2 Å². The highest BCUT2D eigenvalue weighted by Crippen LogP contribution is 2.41. The third kappa shape index (κ3) is 8.09. The highest BCUT2D eigenvalue weighted by Gasteiger charge is 2.46. The Labute approximate surface area is 263 Å². The summed E-state index contributed by atoms with van der Waals surface area (Å²) in [5, 5.41) is 10.00. The Morgan fingerprint density at radius 3 is 2.26 bits per heavy atom. The Kier molecular flexibility index (Phi) is 10.8. The number of fused-ring (bicyclic) bond motifs is 1. The summed E-state index contributed by atoms with van der Waals surface area (Å²) in [7, 11) is 1.53. The molecule has 13 heteroatoms. The monoisotopic (exact) mass is 637 g/mol. The maximum Gasteiger partial charge on any atom is 0.491 e. The number of unbranched alkanes of at least 4 members (excludes halogenated alkanes) is 2. The number of hydrogen-bond donors (Lipinski definition) is 3. The van der Waals surface area contributed by atoms with Crippen molar-refractivity contribution in [2.75, 3.05) is 18.5 Å². The molecule has 0 saturated carbocycles. The number of hydrogen-bond acceptors (Lipinski definition) is 6. The van der Waals surface area contributed by atoms with Gasteiger partial charge in [0.1, 0.15) is 6.04 Å². The average Bonchev–Trinajstić information content (AvgIpc) is 3.10. The van der Waals surface area contributed by atoms with E-state index in [2.05, 4.69) is 10.1 Å². The molecular formula is C33H34F3N5O5. The molecule has 1 aliphatic rings. The van der Waals surface area contributed by atoms with Gasteiger partial charge in [0.05, 0.1) is 23.7 Å². The van der Waals surface area contributed by atoms with E-state index >= 15 is 0 Å². The van der Waals surface area contributed by atoms with Crippen LogP contribution < -0.4 is 16.0 Å². The summed E-state index contributed by atoms with van der Waals surface area (Å²) in [6, 6.07) is 19.1. The van der Waals surface area contributed by atoms with Gasteiger partial charge < -0.3 is 25.6 Å². The minimum atomic E-state index is -5.40. The van der Waals surface area contributed by atoms with Gasteiger partial charge in [0.25, 0.3) is 11.8 Å². The molecule has 0 spiro atoms. The minimum absolute atomic E-state index is 0.102. The summed E-state index contributed by atoms with van der Waals surface area (Å²) >= 11 is 0. The second-order valence-corrected chi connectivity index (χ2v) is 10.8. The Bertz CT molecular complexity index is 1580. The maximum absolute atomic E-state index is 14.6. The molecule has 0 saturated heterocycles. The normalized spacial score (nSPS) is 15.5. The number of likely N-dealkylation sites (N-methyl/N-ethyl adjacent to an activating group) is 1. The van der Waals surface area contributed by atoms with Crippen LogP contribution in [0.3, 0.4) is 0 Å². The van der Waals surface area contributed by atoms with Crippen LogP contribution in [0.2, 0.25) is 0 Å². The van der Waals surface area contributed by atoms with Gasteiger partial charge in [0.2, 0.25) is 0 Å². The number of halogens is 3. The van der Waals surface area contributed by atoms with Gasteiger partial charge in [-0.15, -0.1) is 0 Å². The zero-order valence-electron chi connectivity index (χ0n) is 25.0. The van der Waals surface area contributed by atoms with Crippen molar-refractivity contribution in [3.05, 3.63) is 101 Å². The molecule has 1 aliphatic heterocycles. The molecule has 0 aliphatic carbocycles. The third-order valence-electron chi connectivity index (χ3n) is 7.62. The molecule has 0 bridgehead atoms. The van der Waals surface area contributed by atoms with E-state index in [0.29, 0.717) is 29.8 Å². The Morgan fingerprint density at radius 1 is 0.978 bits per heavy atom. The van der Waals surface area contributed by atoms with Crippen molar-refractivity contribution in [2.24, 2.45) is 5.73 Å². The largest absolute Gasteiger partial charge is 0.491 e. The molecule has 2 amide bonds. The number of nitrogens with two attached hydrogens (primary N) is 1. The van der Waals surface area contributed by atoms with Gasteiger partial charge in [-0.25, -0.2) is 4.79 Å². The van der Waals surface area contributed by atoms with Crippen molar-refractivity contribution in [3.63, 3.8) is 0 Å². The van der Waals surface area contributed by atoms with Crippen LogP contribution in [0, 0.1) is 5.41 Å². The lowest BCUT2D eigenvalue weighted by atomic mass is 9.95. The number of benzene rings is 3. The number of ether oxygens (including phenoxy) is 1. The Morgan fingerprint density at radius 2 is 1.63 bits per heavy atom. The zero-order valence-corrected chi connectivity index (χ0v) is 25.0. The number of alkyl halides is 3. The summed E-state index contributed by atoms with van der Waals surface area (Å²) in [5.74, 6) is -5.42. The molecular weight excluding hydrogens is 603 g/mol. The van der Waals surface area contributed by atoms with Crippen molar-refractivity contribution >= 4 is 35.4 Å². The SMILES string of the molecule is CN1C(=O)C(c2ccccc2)N(C(CC(=O)OC(=O)C(F)(F)F)c2ccccc2)C(=O)c2cc(CCCCCNC(=N)N)ccc21. The molecule has 0 radical (unpaired) electrons. The molecule has 1 heterocycles. The summed E-state index contributed by atoms with van der Waals surface area (Å²) in [5.41, 5.74) is 7.40. The van der Waals surface area contributed by atoms with E-state index in [0.717, 1.165) is 24.8 Å². The molecule has 0 fully saturated rings. The van der Waals surface area contributed by atoms with E-state index in [1.165, 1.54) is 16.8 Å². The number of nitrogens with zero attached hydrogens (tertiary/aromatic N) is 2. The lowest BCUT2D eigenvalue weighted by molar-refractivity contribution is -0.202. The van der Waals surface area contributed by atoms with Crippen LogP contribution in [0.5, 0.6) is 0 Å². The first-order valence-corrected chi connectivity index (χ1v) is 14.6. The van der Waals surface area contributed by atoms with E-state index in [1.807, 2.05) is 6.07 Å². The maximum atomic E-state index is 14.6. The second-order valence-electron chi connectivity index (χ2n) is 10.8. The van der Waals surface area contributed by atoms with E-state index in [4.69, 9.17) is 11.1 Å². The standard InChI is InChI=1S/C33H34F3N5O5/c1-40-25-17-16-21(11-5-4-10-18-39-32(37)38)19-24(25)29(43)41(28(30(40)44)23-14-8-3-9-15-23)26(22-12-6-2-7-13-22)20-27(42)46-31(45)33(34,35)36/h2-3,6-9,12-17,19,26,28H,4-5,10-11,18,20H2,1H3,(H4,37,38,39). The van der Waals surface area contributed by atoms with Crippen LogP contribution in [0.4, 0.5) is 18.9 Å². The number of carbonyl (C=O) groups is 4. The topological polar surface area (TPSA) is 146 Å². The smallest absolute Gasteiger partial charge is 0.386 e. The molecule has 4 N–H and O–H groups in total. The van der Waals surface area contributed by atoms with Gasteiger partial charge in [0.15, 0.2) is 5.96 Å². The summed E-state index contributed by atoms with van der Waals surface area (Å²) in [4.78, 5) is 55.7. The van der Waals surface area contributed by atoms with Crippen molar-refractivity contribution in [1.29, 1.82) is 5.41 Å². The van der Waals surface area contributed by atoms with Crippen molar-refractivity contribution in [2.45, 2.75) is 50.4 Å². The second kappa shape index (κ2) is 14.7. The molecule has 242 valence electrons. The van der Waals surface area contributed by atoms with Crippen LogP contribution in [0.1, 0.15) is 64.8 Å². The van der Waals surface area contributed by atoms with Gasteiger partial charge >= 0.3 is 18.1 Å². The van der Waals surface area contributed by atoms with Crippen molar-refractivity contribution in [3.8, 4) is 0 Å². The number of esters is 2. The molecule has 3 aromatic carbocycles. The highest BCUT2D eigenvalue weighted by atomic mass is 19.4. The number of carbonyl (C=O) groups excluding carboxylic acids is 4. The predicted octanol–water partition coefficient (Wildman–Crippen LogP) is 4.81. The van der Waals surface area contributed by atoms with Crippen LogP contribution in [-0.4, -0.2) is 54.4 Å². The van der Waals surface area contributed by atoms with E-state index in [9.17, 15) is 32.3 Å². The quantitative estimate of drug-likeness (QED) is 0.0900. The molecule has 2 unspecified atom stereocenters. The first-order chi connectivity index (χ1) is 21.9. The zero-order chi connectivity index (χ0) is 33.4. The van der Waals surface area contributed by atoms with Crippen LogP contribution in [0.25, 0.3) is 0 Å². The van der Waals surface area contributed by atoms with Crippen LogP contribution in [-0.2, 0) is 25.5 Å². The van der Waals surface area contributed by atoms with Gasteiger partial charge in [-0.3, -0.25) is 19.8 Å². The fourth-order valence-electron chi connectivity index (χ4n) is 5.41. The number of guanidine groups is 1. The number of nitrogens with one attached hydrogen (secondary N) is 2. The van der Waals surface area contributed by atoms with Crippen LogP contribution in [0.15, 0.2) is 78.9 Å². The van der Waals surface area contributed by atoms with Gasteiger partial charge in [-0.05, 0) is 48.1 Å². The fraction of sp³-hybridized carbons (Fsp3) is 0.303. The summed E-state index contributed by atoms with van der Waals surface area (Å²) in [6.45, 7) is 0.554. The van der Waals surface area contributed by atoms with Gasteiger partial charge in [-0.1, -0.05) is 73.2 Å². The number of amides is 2. The molecule has 2 atom stereocenters. The Balaban J connectivity index is 1.76. The predicted molar refractivity (Wildman–Crippen MR) is 164 cm³/mol. The van der Waals surface area contributed by atoms with Gasteiger partial charge in [0, 0.05) is 13.6 Å². The first kappa shape index (κ1) is 33.7. The molecule has 3 aromatic rings. The van der Waals surface area contributed by atoms with E-state index < -0.39 is 48.4 Å². The van der Waals surface area contributed by atoms with E-state index in [-0.39, 0.29) is 11.5 Å². The first-order valence-electron chi connectivity index (χ1n) is 14.6. The highest BCUT2D eigenvalue weighted by molar-refractivity contribution is 6.11. The minimum Gasteiger partial charge on any atom is -0.386 e. The Hall–Kier alpha value is -5.20. The molecule has 4 rings (SSSR count). The molecule has 46 heavy (non-hydrogen) atoms. The summed E-state index contributed by atoms with van der Waals surface area (Å²) in [6.07, 6.45) is -3.26. The lowest BCUT2D eigenvalue weighted by Crippen LogP contribution is -2.44. The fourth-order valence-corrected chi connectivity index (χ4v) is 5.41. The van der Waals surface area contributed by atoms with E-state index in [1.54, 1.807) is 72.8 Å². The molecule has 0 aromatic heterocycles. The third-order valence-corrected chi connectivity index (χ3v) is 7.62. The summed E-state index contributed by atoms with van der Waals surface area (Å²) < 4.78 is 43.0. The van der Waals surface area contributed by atoms with Crippen LogP contribution >= 0.6 is 0 Å². The number of rotatable bonds is 11. The average molecular weight is 638 g/mol. The van der Waals surface area contributed by atoms with Crippen molar-refractivity contribution in [1.82, 2.24) is 10.2 Å². The van der Waals surface area contributed by atoms with Crippen molar-refractivity contribution < 1.29 is 37.1 Å². The number of anilines is 1. The number of aryl methyl sites for hydroxylation is 1.